The number of fused-ring (bicyclic) bond motifs is 2. The molecule has 0 aromatic heterocycles. The highest BCUT2D eigenvalue weighted by atomic mass is 16.2. The summed E-state index contributed by atoms with van der Waals surface area (Å²) in [6.45, 7) is 14.1. The van der Waals surface area contributed by atoms with Crippen molar-refractivity contribution in [2.75, 3.05) is 11.9 Å². The number of carbonyl (C=O) groups is 3. The highest BCUT2D eigenvalue weighted by Gasteiger charge is 2.64. The summed E-state index contributed by atoms with van der Waals surface area (Å²) >= 11 is 0. The number of amides is 3. The molecule has 29 heavy (non-hydrogen) atoms. The van der Waals surface area contributed by atoms with Gasteiger partial charge in [-0.2, -0.15) is 0 Å². The molecule has 1 aromatic rings. The molecular formula is C24H34N2O3. The van der Waals surface area contributed by atoms with Crippen LogP contribution in [0.15, 0.2) is 18.2 Å². The summed E-state index contributed by atoms with van der Waals surface area (Å²) in [5.74, 6) is -0.434. The first-order valence-electron chi connectivity index (χ1n) is 10.7. The fourth-order valence-electron chi connectivity index (χ4n) is 5.07. The number of rotatable bonds is 5. The lowest BCUT2D eigenvalue weighted by Gasteiger charge is -2.47. The maximum absolute atomic E-state index is 13.2. The molecule has 1 heterocycles. The molecule has 1 saturated heterocycles. The second-order valence-corrected chi connectivity index (χ2v) is 10.0. The van der Waals surface area contributed by atoms with Crippen LogP contribution in [0.2, 0.25) is 0 Å². The van der Waals surface area contributed by atoms with E-state index in [2.05, 4.69) is 33.0 Å². The average Bonchev–Trinajstić information content (AvgIpc) is 2.82. The van der Waals surface area contributed by atoms with Crippen LogP contribution in [0.3, 0.4) is 0 Å². The second-order valence-electron chi connectivity index (χ2n) is 10.0. The molecule has 1 aromatic carbocycles. The minimum Gasteiger partial charge on any atom is -0.324 e. The van der Waals surface area contributed by atoms with Gasteiger partial charge in [0.25, 0.3) is 0 Å². The van der Waals surface area contributed by atoms with Crippen LogP contribution >= 0.6 is 0 Å². The highest BCUT2D eigenvalue weighted by molar-refractivity contribution is 6.07. The van der Waals surface area contributed by atoms with Crippen molar-refractivity contribution in [3.63, 3.8) is 0 Å². The van der Waals surface area contributed by atoms with Gasteiger partial charge in [0.15, 0.2) is 0 Å². The summed E-state index contributed by atoms with van der Waals surface area (Å²) in [5, 5.41) is 3.03. The van der Waals surface area contributed by atoms with E-state index < -0.39 is 5.41 Å². The standard InChI is InChI=1S/C24H34N2O3/c1-14(2)16-9-8-10-17(15(3)4)20(16)25-19(27)13-26-21(28)18-11-12-24(7,22(26)29)23(18,5)6/h8-10,14-15,18H,11-13H2,1-7H3,(H,25,27). The molecule has 5 nitrogen and oxygen atoms in total. The molecule has 2 atom stereocenters. The molecule has 1 saturated carbocycles. The van der Waals surface area contributed by atoms with Gasteiger partial charge in [0.1, 0.15) is 6.54 Å². The Morgan fingerprint density at radius 2 is 1.66 bits per heavy atom. The SMILES string of the molecule is CC(C)c1cccc(C(C)C)c1NC(=O)CN1C(=O)C2CCC(C)(C1=O)C2(C)C. The predicted octanol–water partition coefficient (Wildman–Crippen LogP) is 4.68. The molecule has 1 aliphatic heterocycles. The molecule has 158 valence electrons. The Bertz CT molecular complexity index is 829. The molecule has 5 heteroatoms. The van der Waals surface area contributed by atoms with Crippen molar-refractivity contribution in [2.45, 2.75) is 73.1 Å². The van der Waals surface area contributed by atoms with E-state index in [9.17, 15) is 14.4 Å². The number of likely N-dealkylation sites (tertiary alicyclic amines) is 1. The van der Waals surface area contributed by atoms with Crippen molar-refractivity contribution >= 4 is 23.4 Å². The zero-order valence-corrected chi connectivity index (χ0v) is 18.8. The summed E-state index contributed by atoms with van der Waals surface area (Å²) < 4.78 is 0. The van der Waals surface area contributed by atoms with Crippen molar-refractivity contribution in [1.82, 2.24) is 4.90 Å². The topological polar surface area (TPSA) is 66.5 Å². The number of hydrogen-bond acceptors (Lipinski definition) is 3. The van der Waals surface area contributed by atoms with E-state index in [1.165, 1.54) is 4.90 Å². The van der Waals surface area contributed by atoms with E-state index in [4.69, 9.17) is 0 Å². The number of carbonyl (C=O) groups excluding carboxylic acids is 3. The fraction of sp³-hybridized carbons (Fsp3) is 0.625. The molecule has 1 N–H and O–H groups in total. The van der Waals surface area contributed by atoms with Gasteiger partial charge in [-0.1, -0.05) is 66.7 Å². The number of nitrogens with zero attached hydrogens (tertiary/aromatic N) is 1. The van der Waals surface area contributed by atoms with Crippen LogP contribution in [0.4, 0.5) is 5.69 Å². The van der Waals surface area contributed by atoms with E-state index in [1.807, 2.05) is 39.0 Å². The third-order valence-electron chi connectivity index (χ3n) is 7.45. The Morgan fingerprint density at radius 1 is 1.10 bits per heavy atom. The monoisotopic (exact) mass is 398 g/mol. The first-order chi connectivity index (χ1) is 13.4. The normalized spacial score (nSPS) is 25.8. The van der Waals surface area contributed by atoms with Crippen LogP contribution in [0.1, 0.15) is 84.3 Å². The first-order valence-corrected chi connectivity index (χ1v) is 10.7. The van der Waals surface area contributed by atoms with Gasteiger partial charge in [0, 0.05) is 11.6 Å². The summed E-state index contributed by atoms with van der Waals surface area (Å²) in [7, 11) is 0. The summed E-state index contributed by atoms with van der Waals surface area (Å²) in [6.07, 6.45) is 1.40. The Morgan fingerprint density at radius 3 is 2.17 bits per heavy atom. The largest absolute Gasteiger partial charge is 0.324 e. The van der Waals surface area contributed by atoms with Gasteiger partial charge >= 0.3 is 0 Å². The molecule has 3 rings (SSSR count). The van der Waals surface area contributed by atoms with Crippen LogP contribution in [0.5, 0.6) is 0 Å². The lowest BCUT2D eigenvalue weighted by Crippen LogP contribution is -2.60. The number of hydrogen-bond donors (Lipinski definition) is 1. The second kappa shape index (κ2) is 7.26. The van der Waals surface area contributed by atoms with E-state index >= 15 is 0 Å². The zero-order valence-electron chi connectivity index (χ0n) is 18.8. The average molecular weight is 399 g/mol. The molecule has 2 bridgehead atoms. The fourth-order valence-corrected chi connectivity index (χ4v) is 5.07. The lowest BCUT2D eigenvalue weighted by atomic mass is 9.62. The third-order valence-corrected chi connectivity index (χ3v) is 7.45. The number of nitrogens with one attached hydrogen (secondary N) is 1. The van der Waals surface area contributed by atoms with Gasteiger partial charge < -0.3 is 5.32 Å². The lowest BCUT2D eigenvalue weighted by molar-refractivity contribution is -0.168. The van der Waals surface area contributed by atoms with Crippen molar-refractivity contribution in [1.29, 1.82) is 0 Å². The van der Waals surface area contributed by atoms with E-state index in [0.717, 1.165) is 16.8 Å². The maximum atomic E-state index is 13.2. The van der Waals surface area contributed by atoms with Crippen molar-refractivity contribution in [3.8, 4) is 0 Å². The first kappa shape index (κ1) is 21.5. The van der Waals surface area contributed by atoms with Crippen LogP contribution in [0.25, 0.3) is 0 Å². The molecule has 2 fully saturated rings. The number of imide groups is 1. The smallest absolute Gasteiger partial charge is 0.244 e. The van der Waals surface area contributed by atoms with E-state index in [1.54, 1.807) is 0 Å². The van der Waals surface area contributed by atoms with Crippen LogP contribution in [-0.2, 0) is 14.4 Å². The van der Waals surface area contributed by atoms with Gasteiger partial charge in [-0.3, -0.25) is 19.3 Å². The van der Waals surface area contributed by atoms with Crippen LogP contribution in [0, 0.1) is 16.7 Å². The Kier molecular flexibility index (Phi) is 5.39. The number of anilines is 1. The molecule has 1 aliphatic carbocycles. The van der Waals surface area contributed by atoms with Gasteiger partial charge in [0.2, 0.25) is 17.7 Å². The Balaban J connectivity index is 1.86. The molecule has 3 amide bonds. The third kappa shape index (κ3) is 3.28. The van der Waals surface area contributed by atoms with Crippen LogP contribution in [-0.4, -0.2) is 29.2 Å². The van der Waals surface area contributed by atoms with Crippen molar-refractivity contribution in [3.05, 3.63) is 29.3 Å². The number of benzene rings is 1. The zero-order chi connectivity index (χ0) is 21.7. The Hall–Kier alpha value is -2.17. The van der Waals surface area contributed by atoms with Crippen molar-refractivity contribution in [2.24, 2.45) is 16.7 Å². The minimum atomic E-state index is -0.592. The highest BCUT2D eigenvalue weighted by Crippen LogP contribution is 2.60. The summed E-state index contributed by atoms with van der Waals surface area (Å²) in [5.41, 5.74) is 1.98. The molecule has 0 radical (unpaired) electrons. The number of piperidine rings is 1. The summed E-state index contributed by atoms with van der Waals surface area (Å²) in [4.78, 5) is 40.4. The van der Waals surface area contributed by atoms with E-state index in [0.29, 0.717) is 12.8 Å². The van der Waals surface area contributed by atoms with Gasteiger partial charge in [-0.25, -0.2) is 0 Å². The maximum Gasteiger partial charge on any atom is 0.244 e. The predicted molar refractivity (Wildman–Crippen MR) is 115 cm³/mol. The van der Waals surface area contributed by atoms with Gasteiger partial charge in [-0.05, 0) is 41.2 Å². The van der Waals surface area contributed by atoms with Crippen molar-refractivity contribution < 1.29 is 14.4 Å². The van der Waals surface area contributed by atoms with E-state index in [-0.39, 0.29) is 47.4 Å². The van der Waals surface area contributed by atoms with Gasteiger partial charge in [-0.15, -0.1) is 0 Å². The van der Waals surface area contributed by atoms with Crippen LogP contribution < -0.4 is 5.32 Å². The quantitative estimate of drug-likeness (QED) is 0.732. The molecule has 2 aliphatic rings. The van der Waals surface area contributed by atoms with Gasteiger partial charge in [0.05, 0.1) is 5.41 Å². The molecule has 2 unspecified atom stereocenters. The summed E-state index contributed by atoms with van der Waals surface area (Å²) in [6, 6.07) is 6.05. The molecular weight excluding hydrogens is 364 g/mol. The Labute approximate surface area is 174 Å². The number of para-hydroxylation sites is 1. The minimum absolute atomic E-state index is 0.202. The molecule has 0 spiro atoms.